The predicted octanol–water partition coefficient (Wildman–Crippen LogP) is 2.94. The van der Waals surface area contributed by atoms with Crippen molar-refractivity contribution in [1.82, 2.24) is 9.55 Å². The van der Waals surface area contributed by atoms with E-state index in [1.807, 2.05) is 16.8 Å². The molecule has 19 heavy (non-hydrogen) atoms. The van der Waals surface area contributed by atoms with Gasteiger partial charge in [0, 0.05) is 28.0 Å². The fourth-order valence-corrected chi connectivity index (χ4v) is 2.31. The van der Waals surface area contributed by atoms with Crippen LogP contribution in [0, 0.1) is 0 Å². The average molecular weight is 301 g/mol. The van der Waals surface area contributed by atoms with Gasteiger partial charge in [0.25, 0.3) is 0 Å². The summed E-state index contributed by atoms with van der Waals surface area (Å²) in [6.07, 6.45) is 5.00. The molecule has 0 aliphatic carbocycles. The maximum atomic E-state index is 8.90. The monoisotopic (exact) mass is 300 g/mol. The molecule has 6 heteroatoms. The summed E-state index contributed by atoms with van der Waals surface area (Å²) in [6, 6.07) is 5.29. The number of aliphatic hydroxyl groups excluding tert-OH is 1. The highest BCUT2D eigenvalue weighted by Gasteiger charge is 2.16. The Morgan fingerprint density at radius 2 is 2.21 bits per heavy atom. The van der Waals surface area contributed by atoms with E-state index in [9.17, 15) is 0 Å². The largest absolute Gasteiger partial charge is 0.394 e. The van der Waals surface area contributed by atoms with Gasteiger partial charge in [-0.3, -0.25) is 0 Å². The fraction of sp³-hybridized carbons (Fsp3) is 0.308. The normalized spacial score (nSPS) is 12.6. The molecule has 0 saturated heterocycles. The van der Waals surface area contributed by atoms with Gasteiger partial charge in [0.15, 0.2) is 0 Å². The molecule has 0 spiro atoms. The van der Waals surface area contributed by atoms with Crippen LogP contribution in [0.15, 0.2) is 36.9 Å². The van der Waals surface area contributed by atoms with E-state index in [2.05, 4.69) is 4.98 Å². The minimum atomic E-state index is -0.258. The molecule has 1 unspecified atom stereocenters. The van der Waals surface area contributed by atoms with Gasteiger partial charge in [-0.1, -0.05) is 29.3 Å². The summed E-state index contributed by atoms with van der Waals surface area (Å²) in [4.78, 5) is 3.99. The van der Waals surface area contributed by atoms with Gasteiger partial charge in [-0.15, -0.1) is 0 Å². The van der Waals surface area contributed by atoms with Crippen molar-refractivity contribution in [3.63, 3.8) is 0 Å². The number of aromatic nitrogens is 2. The first-order valence-corrected chi connectivity index (χ1v) is 6.59. The van der Waals surface area contributed by atoms with Crippen LogP contribution >= 0.6 is 23.2 Å². The molecule has 0 aliphatic heterocycles. The van der Waals surface area contributed by atoms with Crippen molar-refractivity contribution >= 4 is 23.2 Å². The van der Waals surface area contributed by atoms with Gasteiger partial charge in [0.1, 0.15) is 6.10 Å². The van der Waals surface area contributed by atoms with Crippen LogP contribution in [0.5, 0.6) is 0 Å². The van der Waals surface area contributed by atoms with Crippen LogP contribution < -0.4 is 0 Å². The molecule has 0 bridgehead atoms. The maximum Gasteiger partial charge on any atom is 0.102 e. The number of hydrogen-bond donors (Lipinski definition) is 1. The van der Waals surface area contributed by atoms with Gasteiger partial charge in [-0.25, -0.2) is 4.98 Å². The molecule has 1 aromatic heterocycles. The summed E-state index contributed by atoms with van der Waals surface area (Å²) in [7, 11) is 0. The van der Waals surface area contributed by atoms with Gasteiger partial charge in [-0.2, -0.15) is 0 Å². The Bertz CT molecular complexity index is 517. The zero-order chi connectivity index (χ0) is 13.7. The third-order valence-corrected chi connectivity index (χ3v) is 3.22. The van der Waals surface area contributed by atoms with Crippen LogP contribution in [0.2, 0.25) is 10.0 Å². The molecular weight excluding hydrogens is 287 g/mol. The number of hydrogen-bond acceptors (Lipinski definition) is 3. The Morgan fingerprint density at radius 1 is 1.37 bits per heavy atom. The lowest BCUT2D eigenvalue weighted by Crippen LogP contribution is -2.14. The zero-order valence-electron chi connectivity index (χ0n) is 10.2. The summed E-state index contributed by atoms with van der Waals surface area (Å²) < 4.78 is 7.54. The third kappa shape index (κ3) is 3.94. The minimum Gasteiger partial charge on any atom is -0.394 e. The molecule has 0 radical (unpaired) electrons. The second kappa shape index (κ2) is 6.91. The van der Waals surface area contributed by atoms with Crippen molar-refractivity contribution in [3.8, 4) is 0 Å². The molecule has 0 aliphatic rings. The Hall–Kier alpha value is -1.07. The average Bonchev–Trinajstić information content (AvgIpc) is 2.88. The number of nitrogens with zero attached hydrogens (tertiary/aromatic N) is 2. The number of ether oxygens (including phenoxy) is 1. The van der Waals surface area contributed by atoms with Crippen molar-refractivity contribution in [2.75, 3.05) is 13.2 Å². The van der Waals surface area contributed by atoms with E-state index in [1.165, 1.54) is 0 Å². The molecule has 1 aromatic carbocycles. The van der Waals surface area contributed by atoms with E-state index in [0.717, 1.165) is 5.56 Å². The minimum absolute atomic E-state index is 0.0361. The third-order valence-electron chi connectivity index (χ3n) is 2.66. The lowest BCUT2D eigenvalue weighted by molar-refractivity contribution is 0.0181. The van der Waals surface area contributed by atoms with Crippen molar-refractivity contribution < 1.29 is 9.84 Å². The highest BCUT2D eigenvalue weighted by atomic mass is 35.5. The first kappa shape index (κ1) is 14.3. The van der Waals surface area contributed by atoms with Gasteiger partial charge >= 0.3 is 0 Å². The fourth-order valence-electron chi connectivity index (χ4n) is 1.78. The lowest BCUT2D eigenvalue weighted by Gasteiger charge is -2.19. The number of aliphatic hydroxyl groups is 1. The molecule has 2 rings (SSSR count). The van der Waals surface area contributed by atoms with E-state index >= 15 is 0 Å². The summed E-state index contributed by atoms with van der Waals surface area (Å²) in [6.45, 7) is 0.783. The molecule has 2 aromatic rings. The second-order valence-electron chi connectivity index (χ2n) is 4.01. The van der Waals surface area contributed by atoms with E-state index in [1.54, 1.807) is 24.7 Å². The summed E-state index contributed by atoms with van der Waals surface area (Å²) in [5.41, 5.74) is 0.841. The summed E-state index contributed by atoms with van der Waals surface area (Å²) in [5.74, 6) is 0. The Balaban J connectivity index is 2.20. The van der Waals surface area contributed by atoms with Crippen LogP contribution in [0.3, 0.4) is 0 Å². The Morgan fingerprint density at radius 3 is 2.84 bits per heavy atom. The molecule has 0 fully saturated rings. The van der Waals surface area contributed by atoms with Crippen molar-refractivity contribution in [1.29, 1.82) is 0 Å². The van der Waals surface area contributed by atoms with Gasteiger partial charge in [0.2, 0.25) is 0 Å². The molecule has 102 valence electrons. The number of rotatable bonds is 6. The number of imidazole rings is 1. The highest BCUT2D eigenvalue weighted by molar-refractivity contribution is 6.35. The molecule has 1 atom stereocenters. The summed E-state index contributed by atoms with van der Waals surface area (Å²) >= 11 is 12.1. The first-order valence-electron chi connectivity index (χ1n) is 5.84. The SMILES string of the molecule is OCCOC(Cn1ccnc1)c1ccc(Cl)cc1Cl. The molecule has 0 amide bonds. The van der Waals surface area contributed by atoms with E-state index in [0.29, 0.717) is 16.6 Å². The smallest absolute Gasteiger partial charge is 0.102 e. The molecular formula is C13H14Cl2N2O2. The predicted molar refractivity (Wildman–Crippen MR) is 74.5 cm³/mol. The van der Waals surface area contributed by atoms with Gasteiger partial charge in [0.05, 0.1) is 26.1 Å². The molecule has 0 saturated carbocycles. The second-order valence-corrected chi connectivity index (χ2v) is 4.85. The number of halogens is 2. The van der Waals surface area contributed by atoms with Gasteiger partial charge < -0.3 is 14.4 Å². The van der Waals surface area contributed by atoms with E-state index < -0.39 is 0 Å². The molecule has 1 heterocycles. The van der Waals surface area contributed by atoms with Gasteiger partial charge in [-0.05, 0) is 12.1 Å². The molecule has 4 nitrogen and oxygen atoms in total. The Labute approximate surface area is 121 Å². The van der Waals surface area contributed by atoms with Crippen molar-refractivity contribution in [2.24, 2.45) is 0 Å². The van der Waals surface area contributed by atoms with Crippen LogP contribution in [-0.2, 0) is 11.3 Å². The topological polar surface area (TPSA) is 47.3 Å². The lowest BCUT2D eigenvalue weighted by atomic mass is 10.1. The van der Waals surface area contributed by atoms with Crippen molar-refractivity contribution in [2.45, 2.75) is 12.6 Å². The molecule has 1 N–H and O–H groups in total. The van der Waals surface area contributed by atoms with Crippen LogP contribution in [0.25, 0.3) is 0 Å². The van der Waals surface area contributed by atoms with Crippen LogP contribution in [-0.4, -0.2) is 27.9 Å². The highest BCUT2D eigenvalue weighted by Crippen LogP contribution is 2.29. The van der Waals surface area contributed by atoms with Crippen LogP contribution in [0.1, 0.15) is 11.7 Å². The first-order chi connectivity index (χ1) is 9.20. The zero-order valence-corrected chi connectivity index (χ0v) is 11.7. The van der Waals surface area contributed by atoms with Crippen molar-refractivity contribution in [3.05, 3.63) is 52.5 Å². The van der Waals surface area contributed by atoms with Crippen LogP contribution in [0.4, 0.5) is 0 Å². The standard InChI is InChI=1S/C13H14Cl2N2O2/c14-10-1-2-11(12(15)7-10)13(19-6-5-18)8-17-4-3-16-9-17/h1-4,7,9,13,18H,5-6,8H2. The van der Waals surface area contributed by atoms with E-state index in [-0.39, 0.29) is 19.3 Å². The summed E-state index contributed by atoms with van der Waals surface area (Å²) in [5, 5.41) is 10.0. The Kier molecular flexibility index (Phi) is 5.22. The maximum absolute atomic E-state index is 8.90. The number of benzene rings is 1. The van der Waals surface area contributed by atoms with E-state index in [4.69, 9.17) is 33.0 Å². The quantitative estimate of drug-likeness (QED) is 0.892.